The molecule has 2 heterocycles. The van der Waals surface area contributed by atoms with E-state index in [4.69, 9.17) is 16.6 Å². The van der Waals surface area contributed by atoms with Gasteiger partial charge in [0.2, 0.25) is 15.9 Å². The Morgan fingerprint density at radius 1 is 1.17 bits per heavy atom. The number of hydrogen-bond donors (Lipinski definition) is 0. The minimum absolute atomic E-state index is 0.145. The number of fused-ring (bicyclic) bond motifs is 1. The number of aryl methyl sites for hydroxylation is 2. The van der Waals surface area contributed by atoms with Gasteiger partial charge in [-0.05, 0) is 95.2 Å². The van der Waals surface area contributed by atoms with Crippen molar-refractivity contribution in [3.05, 3.63) is 52.5 Å². The Labute approximate surface area is 216 Å². The van der Waals surface area contributed by atoms with E-state index in [1.54, 1.807) is 17.0 Å². The molecule has 1 unspecified atom stereocenters. The molecule has 1 aromatic heterocycles. The third-order valence-electron chi connectivity index (χ3n) is 6.21. The maximum atomic E-state index is 13.9. The van der Waals surface area contributed by atoms with E-state index in [2.05, 4.69) is 17.0 Å². The lowest BCUT2D eigenvalue weighted by Crippen LogP contribution is -2.48. The maximum Gasteiger partial charge on any atom is 0.247 e. The lowest BCUT2D eigenvalue weighted by atomic mass is 10.1. The van der Waals surface area contributed by atoms with Gasteiger partial charge in [-0.25, -0.2) is 13.4 Å². The van der Waals surface area contributed by atoms with Crippen molar-refractivity contribution >= 4 is 54.2 Å². The predicted molar refractivity (Wildman–Crippen MR) is 143 cm³/mol. The van der Waals surface area contributed by atoms with Gasteiger partial charge < -0.3 is 4.90 Å². The molecule has 0 saturated carbocycles. The van der Waals surface area contributed by atoms with E-state index in [1.165, 1.54) is 27.8 Å². The highest BCUT2D eigenvalue weighted by atomic mass is 35.5. The molecular weight excluding hydrogens is 504 g/mol. The molecule has 0 N–H and O–H groups in total. The van der Waals surface area contributed by atoms with Crippen molar-refractivity contribution < 1.29 is 13.2 Å². The summed E-state index contributed by atoms with van der Waals surface area (Å²) in [5.74, 6) is -0.216. The Kier molecular flexibility index (Phi) is 7.83. The number of amides is 1. The summed E-state index contributed by atoms with van der Waals surface area (Å²) in [6, 6.07) is 9.50. The van der Waals surface area contributed by atoms with E-state index in [0.29, 0.717) is 36.1 Å². The fourth-order valence-electron chi connectivity index (χ4n) is 4.52. The second-order valence-corrected chi connectivity index (χ2v) is 12.6. The van der Waals surface area contributed by atoms with Crippen molar-refractivity contribution in [2.45, 2.75) is 44.0 Å². The Balaban J connectivity index is 1.68. The zero-order chi connectivity index (χ0) is 25.3. The second-order valence-electron chi connectivity index (χ2n) is 9.30. The van der Waals surface area contributed by atoms with Crippen molar-refractivity contribution in [1.29, 1.82) is 0 Å². The molecule has 1 aliphatic heterocycles. The van der Waals surface area contributed by atoms with Crippen LogP contribution in [0, 0.1) is 13.8 Å². The molecule has 10 heteroatoms. The summed E-state index contributed by atoms with van der Waals surface area (Å²) >= 11 is 7.44. The zero-order valence-corrected chi connectivity index (χ0v) is 22.9. The van der Waals surface area contributed by atoms with Crippen molar-refractivity contribution in [2.24, 2.45) is 0 Å². The van der Waals surface area contributed by atoms with Gasteiger partial charge in [0.25, 0.3) is 0 Å². The minimum Gasteiger partial charge on any atom is -0.309 e. The fraction of sp³-hybridized carbons (Fsp3) is 0.440. The van der Waals surface area contributed by atoms with Crippen molar-refractivity contribution in [2.75, 3.05) is 38.6 Å². The molecule has 1 fully saturated rings. The summed E-state index contributed by atoms with van der Waals surface area (Å²) in [6.07, 6.45) is 1.87. The van der Waals surface area contributed by atoms with Crippen LogP contribution >= 0.6 is 22.9 Å². The predicted octanol–water partition coefficient (Wildman–Crippen LogP) is 4.70. The molecule has 7 nitrogen and oxygen atoms in total. The summed E-state index contributed by atoms with van der Waals surface area (Å²) in [5, 5.41) is 1.08. The Morgan fingerprint density at radius 3 is 2.57 bits per heavy atom. The number of sulfonamides is 1. The molecule has 0 bridgehead atoms. The average Bonchev–Trinajstić information content (AvgIpc) is 3.44. The molecule has 1 atom stereocenters. The van der Waals surface area contributed by atoms with Gasteiger partial charge in [-0.2, -0.15) is 4.31 Å². The lowest BCUT2D eigenvalue weighted by Gasteiger charge is -2.29. The molecule has 1 aliphatic rings. The highest BCUT2D eigenvalue weighted by molar-refractivity contribution is 7.89. The SMILES string of the molecule is Cc1cc(C)c2nc(N(CCCN(C)C)C(=O)C3CCCN3S(=O)(=O)c3ccc(Cl)cc3)sc2c1. The van der Waals surface area contributed by atoms with Crippen molar-refractivity contribution in [3.8, 4) is 0 Å². The number of halogens is 1. The van der Waals surface area contributed by atoms with E-state index in [-0.39, 0.29) is 10.8 Å². The molecule has 1 amide bonds. The van der Waals surface area contributed by atoms with E-state index in [9.17, 15) is 13.2 Å². The maximum absolute atomic E-state index is 13.9. The van der Waals surface area contributed by atoms with Gasteiger partial charge in [-0.3, -0.25) is 9.69 Å². The summed E-state index contributed by atoms with van der Waals surface area (Å²) in [5.41, 5.74) is 3.10. The van der Waals surface area contributed by atoms with Crippen molar-refractivity contribution in [1.82, 2.24) is 14.2 Å². The van der Waals surface area contributed by atoms with Gasteiger partial charge in [0.05, 0.1) is 15.1 Å². The zero-order valence-electron chi connectivity index (χ0n) is 20.5. The van der Waals surface area contributed by atoms with E-state index >= 15 is 0 Å². The molecule has 188 valence electrons. The first-order chi connectivity index (χ1) is 16.6. The molecule has 0 aliphatic carbocycles. The number of carbonyl (C=O) groups is 1. The van der Waals surface area contributed by atoms with Crippen LogP contribution in [0.25, 0.3) is 10.2 Å². The largest absolute Gasteiger partial charge is 0.309 e. The summed E-state index contributed by atoms with van der Waals surface area (Å²) in [6.45, 7) is 5.66. The molecule has 0 spiro atoms. The molecule has 0 radical (unpaired) electrons. The van der Waals surface area contributed by atoms with E-state index < -0.39 is 16.1 Å². The van der Waals surface area contributed by atoms with Crippen LogP contribution in [0.2, 0.25) is 5.02 Å². The Morgan fingerprint density at radius 2 is 1.89 bits per heavy atom. The third kappa shape index (κ3) is 5.54. The molecule has 3 aromatic rings. The quantitative estimate of drug-likeness (QED) is 0.418. The van der Waals surface area contributed by atoms with Crippen LogP contribution in [-0.2, 0) is 14.8 Å². The van der Waals surface area contributed by atoms with Gasteiger partial charge in [0.15, 0.2) is 5.13 Å². The third-order valence-corrected chi connectivity index (χ3v) is 9.41. The van der Waals surface area contributed by atoms with Gasteiger partial charge in [-0.15, -0.1) is 0 Å². The molecule has 4 rings (SSSR count). The number of anilines is 1. The average molecular weight is 535 g/mol. The van der Waals surface area contributed by atoms with Crippen LogP contribution in [0.5, 0.6) is 0 Å². The number of thiazole rings is 1. The van der Waals surface area contributed by atoms with Crippen LogP contribution in [0.3, 0.4) is 0 Å². The van der Waals surface area contributed by atoms with E-state index in [1.807, 2.05) is 27.9 Å². The number of hydrogen-bond acceptors (Lipinski definition) is 6. The fourth-order valence-corrected chi connectivity index (χ4v) is 7.47. The first-order valence-electron chi connectivity index (χ1n) is 11.7. The summed E-state index contributed by atoms with van der Waals surface area (Å²) in [7, 11) is 0.153. The number of carbonyl (C=O) groups excluding carboxylic acids is 1. The van der Waals surface area contributed by atoms with E-state index in [0.717, 1.165) is 34.3 Å². The first kappa shape index (κ1) is 26.0. The second kappa shape index (κ2) is 10.5. The standard InChI is InChI=1S/C25H31ClN4O3S2/c1-17-15-18(2)23-22(16-17)34-25(27-23)29(13-6-12-28(3)4)24(31)21-7-5-14-30(21)35(32,33)20-10-8-19(26)9-11-20/h8-11,15-16,21H,5-7,12-14H2,1-4H3. The van der Waals surface area contributed by atoms with Gasteiger partial charge >= 0.3 is 0 Å². The van der Waals surface area contributed by atoms with Crippen LogP contribution < -0.4 is 4.90 Å². The monoisotopic (exact) mass is 534 g/mol. The number of aromatic nitrogens is 1. The first-order valence-corrected chi connectivity index (χ1v) is 14.3. The van der Waals surface area contributed by atoms with Crippen LogP contribution in [-0.4, -0.2) is 68.3 Å². The molecule has 2 aromatic carbocycles. The van der Waals surface area contributed by atoms with Gasteiger partial charge in [0.1, 0.15) is 6.04 Å². The highest BCUT2D eigenvalue weighted by Crippen LogP contribution is 2.34. The van der Waals surface area contributed by atoms with Gasteiger partial charge in [0, 0.05) is 18.1 Å². The molecule has 1 saturated heterocycles. The minimum atomic E-state index is -3.83. The molecule has 35 heavy (non-hydrogen) atoms. The van der Waals surface area contributed by atoms with Crippen LogP contribution in [0.15, 0.2) is 41.3 Å². The highest BCUT2D eigenvalue weighted by Gasteiger charge is 2.42. The number of nitrogens with zero attached hydrogens (tertiary/aromatic N) is 4. The van der Waals surface area contributed by atoms with Gasteiger partial charge in [-0.1, -0.05) is 29.0 Å². The Hall–Kier alpha value is -2.04. The summed E-state index contributed by atoms with van der Waals surface area (Å²) in [4.78, 5) is 22.7. The Bertz CT molecular complexity index is 1320. The topological polar surface area (TPSA) is 73.8 Å². The summed E-state index contributed by atoms with van der Waals surface area (Å²) < 4.78 is 29.3. The lowest BCUT2D eigenvalue weighted by molar-refractivity contribution is -0.121. The van der Waals surface area contributed by atoms with Crippen molar-refractivity contribution in [3.63, 3.8) is 0 Å². The normalized spacial score (nSPS) is 16.9. The van der Waals surface area contributed by atoms with Crippen LogP contribution in [0.1, 0.15) is 30.4 Å². The molecular formula is C25H31ClN4O3S2. The number of benzene rings is 2. The van der Waals surface area contributed by atoms with Crippen LogP contribution in [0.4, 0.5) is 5.13 Å². The smallest absolute Gasteiger partial charge is 0.247 e. The number of rotatable bonds is 8.